The molecule has 0 spiro atoms. The van der Waals surface area contributed by atoms with Crippen molar-refractivity contribution in [3.63, 3.8) is 0 Å². The SMILES string of the molecule is COc1ccc(C=C2NC(=S)N(C3CCCCC3)C2=O)cc1C. The molecule has 1 heterocycles. The van der Waals surface area contributed by atoms with E-state index in [4.69, 9.17) is 17.0 Å². The minimum atomic E-state index is -0.00429. The van der Waals surface area contributed by atoms with Gasteiger partial charge in [0.25, 0.3) is 5.91 Å². The molecule has 1 aliphatic carbocycles. The minimum absolute atomic E-state index is 0.00429. The number of hydrogen-bond donors (Lipinski definition) is 1. The summed E-state index contributed by atoms with van der Waals surface area (Å²) in [4.78, 5) is 14.5. The Hall–Kier alpha value is -1.88. The molecule has 2 aliphatic rings. The first-order valence-electron chi connectivity index (χ1n) is 8.11. The summed E-state index contributed by atoms with van der Waals surface area (Å²) in [6.07, 6.45) is 7.56. The van der Waals surface area contributed by atoms with Gasteiger partial charge in [0.05, 0.1) is 7.11 Å². The van der Waals surface area contributed by atoms with Crippen molar-refractivity contribution in [2.24, 2.45) is 0 Å². The van der Waals surface area contributed by atoms with Crippen LogP contribution in [0.4, 0.5) is 0 Å². The van der Waals surface area contributed by atoms with E-state index < -0.39 is 0 Å². The van der Waals surface area contributed by atoms with Gasteiger partial charge < -0.3 is 10.1 Å². The van der Waals surface area contributed by atoms with Crippen LogP contribution in [0.1, 0.15) is 43.2 Å². The zero-order valence-electron chi connectivity index (χ0n) is 13.6. The van der Waals surface area contributed by atoms with Crippen molar-refractivity contribution < 1.29 is 9.53 Å². The Labute approximate surface area is 142 Å². The number of carbonyl (C=O) groups excluding carboxylic acids is 1. The summed E-state index contributed by atoms with van der Waals surface area (Å²) in [6, 6.07) is 6.12. The predicted octanol–water partition coefficient (Wildman–Crippen LogP) is 3.39. The van der Waals surface area contributed by atoms with Crippen LogP contribution in [0.5, 0.6) is 5.75 Å². The first-order chi connectivity index (χ1) is 11.1. The summed E-state index contributed by atoms with van der Waals surface area (Å²) in [5.74, 6) is 0.840. The van der Waals surface area contributed by atoms with Gasteiger partial charge in [-0.1, -0.05) is 25.3 Å². The van der Waals surface area contributed by atoms with Crippen molar-refractivity contribution in [1.82, 2.24) is 10.2 Å². The van der Waals surface area contributed by atoms with Gasteiger partial charge in [0.15, 0.2) is 5.11 Å². The van der Waals surface area contributed by atoms with Gasteiger partial charge in [-0.15, -0.1) is 0 Å². The molecule has 1 N–H and O–H groups in total. The van der Waals surface area contributed by atoms with Gasteiger partial charge in [0.1, 0.15) is 11.4 Å². The molecule has 1 saturated carbocycles. The first kappa shape index (κ1) is 16.0. The van der Waals surface area contributed by atoms with E-state index in [1.807, 2.05) is 31.2 Å². The van der Waals surface area contributed by atoms with Crippen LogP contribution in [-0.4, -0.2) is 29.1 Å². The third-order valence-corrected chi connectivity index (χ3v) is 4.88. The van der Waals surface area contributed by atoms with Gasteiger partial charge in [-0.25, -0.2) is 0 Å². The van der Waals surface area contributed by atoms with Gasteiger partial charge in [-0.2, -0.15) is 0 Å². The van der Waals surface area contributed by atoms with Crippen LogP contribution in [-0.2, 0) is 4.79 Å². The molecule has 1 aliphatic heterocycles. The number of benzene rings is 1. The lowest BCUT2D eigenvalue weighted by Gasteiger charge is -2.29. The molecule has 122 valence electrons. The van der Waals surface area contributed by atoms with Crippen LogP contribution >= 0.6 is 12.2 Å². The average Bonchev–Trinajstić information content (AvgIpc) is 2.82. The second-order valence-corrected chi connectivity index (χ2v) is 6.57. The molecular weight excluding hydrogens is 308 g/mol. The lowest BCUT2D eigenvalue weighted by Crippen LogP contribution is -2.41. The van der Waals surface area contributed by atoms with E-state index in [9.17, 15) is 4.79 Å². The van der Waals surface area contributed by atoms with Crippen molar-refractivity contribution in [2.75, 3.05) is 7.11 Å². The number of thiocarbonyl (C=S) groups is 1. The first-order valence-corrected chi connectivity index (χ1v) is 8.52. The van der Waals surface area contributed by atoms with Crippen molar-refractivity contribution >= 4 is 29.3 Å². The molecule has 1 saturated heterocycles. The summed E-state index contributed by atoms with van der Waals surface area (Å²) in [7, 11) is 1.66. The summed E-state index contributed by atoms with van der Waals surface area (Å²) < 4.78 is 5.27. The highest BCUT2D eigenvalue weighted by molar-refractivity contribution is 7.80. The van der Waals surface area contributed by atoms with E-state index in [2.05, 4.69) is 5.32 Å². The van der Waals surface area contributed by atoms with E-state index in [1.54, 1.807) is 12.0 Å². The number of amides is 1. The second-order valence-electron chi connectivity index (χ2n) is 6.18. The van der Waals surface area contributed by atoms with Crippen LogP contribution in [0.15, 0.2) is 23.9 Å². The number of carbonyl (C=O) groups is 1. The number of hydrogen-bond acceptors (Lipinski definition) is 3. The lowest BCUT2D eigenvalue weighted by atomic mass is 9.94. The predicted molar refractivity (Wildman–Crippen MR) is 95.2 cm³/mol. The highest BCUT2D eigenvalue weighted by Gasteiger charge is 2.36. The molecule has 2 fully saturated rings. The van der Waals surface area contributed by atoms with Crippen LogP contribution in [0.2, 0.25) is 0 Å². The topological polar surface area (TPSA) is 41.6 Å². The third-order valence-electron chi connectivity index (χ3n) is 4.58. The van der Waals surface area contributed by atoms with Crippen LogP contribution < -0.4 is 10.1 Å². The highest BCUT2D eigenvalue weighted by atomic mass is 32.1. The van der Waals surface area contributed by atoms with Crippen molar-refractivity contribution in [2.45, 2.75) is 45.1 Å². The number of nitrogens with one attached hydrogen (secondary N) is 1. The Morgan fingerprint density at radius 2 is 2.04 bits per heavy atom. The Morgan fingerprint density at radius 3 is 2.70 bits per heavy atom. The van der Waals surface area contributed by atoms with Crippen LogP contribution in [0.25, 0.3) is 6.08 Å². The van der Waals surface area contributed by atoms with Gasteiger partial charge in [0.2, 0.25) is 0 Å². The molecule has 23 heavy (non-hydrogen) atoms. The van der Waals surface area contributed by atoms with Gasteiger partial charge in [-0.3, -0.25) is 9.69 Å². The van der Waals surface area contributed by atoms with Crippen molar-refractivity contribution in [3.05, 3.63) is 35.0 Å². The maximum absolute atomic E-state index is 12.7. The molecule has 0 bridgehead atoms. The van der Waals surface area contributed by atoms with Crippen molar-refractivity contribution in [1.29, 1.82) is 0 Å². The Kier molecular flexibility index (Phi) is 4.66. The summed E-state index contributed by atoms with van der Waals surface area (Å²) in [5, 5.41) is 3.63. The highest BCUT2D eigenvalue weighted by Crippen LogP contribution is 2.27. The quantitative estimate of drug-likeness (QED) is 0.681. The van der Waals surface area contributed by atoms with E-state index >= 15 is 0 Å². The Balaban J connectivity index is 1.82. The van der Waals surface area contributed by atoms with E-state index in [-0.39, 0.29) is 11.9 Å². The zero-order chi connectivity index (χ0) is 16.4. The Bertz CT molecular complexity index is 663. The molecule has 1 aromatic carbocycles. The van der Waals surface area contributed by atoms with Crippen LogP contribution in [0, 0.1) is 6.92 Å². The zero-order valence-corrected chi connectivity index (χ0v) is 14.4. The molecule has 0 atom stereocenters. The molecule has 1 amide bonds. The lowest BCUT2D eigenvalue weighted by molar-refractivity contribution is -0.124. The molecule has 3 rings (SSSR count). The third kappa shape index (κ3) is 3.24. The summed E-state index contributed by atoms with van der Waals surface area (Å²) in [5.41, 5.74) is 2.57. The maximum atomic E-state index is 12.7. The normalized spacial score (nSPS) is 21.0. The fourth-order valence-corrected chi connectivity index (χ4v) is 3.72. The molecule has 0 aromatic heterocycles. The standard InChI is InChI=1S/C18H22N2O2S/c1-12-10-13(8-9-16(12)22-2)11-15-17(21)20(18(23)19-15)14-6-4-3-5-7-14/h8-11,14H,3-7H2,1-2H3,(H,19,23). The number of ether oxygens (including phenoxy) is 1. The average molecular weight is 330 g/mol. The number of methoxy groups -OCH3 is 1. The number of rotatable bonds is 3. The molecule has 0 radical (unpaired) electrons. The molecule has 0 unspecified atom stereocenters. The fraction of sp³-hybridized carbons (Fsp3) is 0.444. The summed E-state index contributed by atoms with van der Waals surface area (Å²) in [6.45, 7) is 1.99. The second kappa shape index (κ2) is 6.71. The largest absolute Gasteiger partial charge is 0.496 e. The Morgan fingerprint density at radius 1 is 1.30 bits per heavy atom. The van der Waals surface area contributed by atoms with Gasteiger partial charge >= 0.3 is 0 Å². The monoisotopic (exact) mass is 330 g/mol. The van der Waals surface area contributed by atoms with Crippen LogP contribution in [0.3, 0.4) is 0 Å². The molecular formula is C18H22N2O2S. The minimum Gasteiger partial charge on any atom is -0.496 e. The number of aryl methyl sites for hydroxylation is 1. The van der Waals surface area contributed by atoms with Crippen molar-refractivity contribution in [3.8, 4) is 5.75 Å². The van der Waals surface area contributed by atoms with E-state index in [0.29, 0.717) is 10.8 Å². The smallest absolute Gasteiger partial charge is 0.276 e. The fourth-order valence-electron chi connectivity index (χ4n) is 3.38. The summed E-state index contributed by atoms with van der Waals surface area (Å²) >= 11 is 5.39. The van der Waals surface area contributed by atoms with E-state index in [1.165, 1.54) is 19.3 Å². The molecule has 1 aromatic rings. The maximum Gasteiger partial charge on any atom is 0.276 e. The van der Waals surface area contributed by atoms with Gasteiger partial charge in [-0.05, 0) is 61.3 Å². The van der Waals surface area contributed by atoms with E-state index in [0.717, 1.165) is 29.7 Å². The number of nitrogens with zero attached hydrogens (tertiary/aromatic N) is 1. The molecule has 4 nitrogen and oxygen atoms in total. The van der Waals surface area contributed by atoms with Gasteiger partial charge in [0, 0.05) is 6.04 Å². The molecule has 5 heteroatoms.